The van der Waals surface area contributed by atoms with Gasteiger partial charge in [0, 0.05) is 0 Å². The van der Waals surface area contributed by atoms with Crippen LogP contribution in [-0.2, 0) is 16.0 Å². The van der Waals surface area contributed by atoms with E-state index in [1.807, 2.05) is 35.7 Å². The average Bonchev–Trinajstić information content (AvgIpc) is 2.97. The Kier molecular flexibility index (Phi) is 5.93. The lowest BCUT2D eigenvalue weighted by Crippen LogP contribution is -2.16. The van der Waals surface area contributed by atoms with Crippen molar-refractivity contribution in [3.8, 4) is 0 Å². The predicted octanol–water partition coefficient (Wildman–Crippen LogP) is 4.23. The Morgan fingerprint density at radius 2 is 1.96 bits per heavy atom. The minimum absolute atomic E-state index is 0.140. The van der Waals surface area contributed by atoms with Crippen molar-refractivity contribution in [3.63, 3.8) is 0 Å². The Bertz CT molecular complexity index is 679. The summed E-state index contributed by atoms with van der Waals surface area (Å²) in [6.45, 7) is 4.13. The largest absolute Gasteiger partial charge is 0.465 e. The molecule has 1 atom stereocenters. The molecular formula is C18H21NO3S. The lowest BCUT2D eigenvalue weighted by molar-refractivity contribution is -0.115. The summed E-state index contributed by atoms with van der Waals surface area (Å²) >= 11 is 1.37. The summed E-state index contributed by atoms with van der Waals surface area (Å²) in [4.78, 5) is 24.3. The molecular weight excluding hydrogens is 310 g/mol. The number of ether oxygens (including phenoxy) is 1. The molecule has 2 aromatic rings. The van der Waals surface area contributed by atoms with Crippen molar-refractivity contribution in [2.45, 2.75) is 32.6 Å². The number of carbonyl (C=O) groups is 2. The van der Waals surface area contributed by atoms with Gasteiger partial charge in [0.15, 0.2) is 0 Å². The van der Waals surface area contributed by atoms with Crippen LogP contribution in [0.1, 0.15) is 47.7 Å². The number of methoxy groups -OCH3 is 1. The number of hydrogen-bond donors (Lipinski definition) is 1. The van der Waals surface area contributed by atoms with E-state index >= 15 is 0 Å². The summed E-state index contributed by atoms with van der Waals surface area (Å²) in [6, 6.07) is 9.51. The van der Waals surface area contributed by atoms with Crippen molar-refractivity contribution in [1.82, 2.24) is 0 Å². The average molecular weight is 331 g/mol. The summed E-state index contributed by atoms with van der Waals surface area (Å²) < 4.78 is 4.89. The second-order valence-electron chi connectivity index (χ2n) is 5.41. The highest BCUT2D eigenvalue weighted by atomic mass is 32.1. The number of anilines is 1. The van der Waals surface area contributed by atoms with Crippen LogP contribution in [0.5, 0.6) is 0 Å². The highest BCUT2D eigenvalue weighted by molar-refractivity contribution is 7.15. The summed E-state index contributed by atoms with van der Waals surface area (Å²) in [7, 11) is 1.36. The minimum Gasteiger partial charge on any atom is -0.465 e. The maximum Gasteiger partial charge on any atom is 0.341 e. The first-order valence-electron chi connectivity index (χ1n) is 7.60. The van der Waals surface area contributed by atoms with Gasteiger partial charge >= 0.3 is 5.97 Å². The van der Waals surface area contributed by atoms with Gasteiger partial charge in [0.05, 0.1) is 19.1 Å². The quantitative estimate of drug-likeness (QED) is 0.806. The maximum absolute atomic E-state index is 12.2. The van der Waals surface area contributed by atoms with Gasteiger partial charge in [-0.15, -0.1) is 11.3 Å². The number of nitrogens with one attached hydrogen (secondary N) is 1. The molecule has 0 aliphatic rings. The molecule has 1 amide bonds. The molecule has 1 aromatic heterocycles. The van der Waals surface area contributed by atoms with E-state index in [1.54, 1.807) is 0 Å². The molecule has 0 saturated carbocycles. The maximum atomic E-state index is 12.2. The Labute approximate surface area is 140 Å². The molecule has 5 heteroatoms. The first-order chi connectivity index (χ1) is 11.1. The number of thiophene rings is 1. The number of rotatable bonds is 6. The van der Waals surface area contributed by atoms with Crippen LogP contribution < -0.4 is 5.32 Å². The number of esters is 1. The van der Waals surface area contributed by atoms with E-state index in [4.69, 9.17) is 4.74 Å². The molecule has 0 saturated heterocycles. The van der Waals surface area contributed by atoms with Crippen molar-refractivity contribution in [2.75, 3.05) is 12.4 Å². The Morgan fingerprint density at radius 1 is 1.26 bits per heavy atom. The van der Waals surface area contributed by atoms with Crippen LogP contribution in [0.25, 0.3) is 0 Å². The molecule has 0 radical (unpaired) electrons. The fraction of sp³-hybridized carbons (Fsp3) is 0.333. The highest BCUT2D eigenvalue weighted by Crippen LogP contribution is 2.35. The van der Waals surface area contributed by atoms with E-state index in [9.17, 15) is 9.59 Å². The number of benzene rings is 1. The minimum atomic E-state index is -0.406. The van der Waals surface area contributed by atoms with Crippen LogP contribution in [0.3, 0.4) is 0 Å². The molecule has 23 heavy (non-hydrogen) atoms. The van der Waals surface area contributed by atoms with Crippen LogP contribution in [0, 0.1) is 0 Å². The Hall–Kier alpha value is -2.14. The van der Waals surface area contributed by atoms with Gasteiger partial charge in [-0.1, -0.05) is 44.2 Å². The molecule has 0 aliphatic carbocycles. The highest BCUT2D eigenvalue weighted by Gasteiger charge is 2.23. The molecule has 1 N–H and O–H groups in total. The van der Waals surface area contributed by atoms with Crippen molar-refractivity contribution in [1.29, 1.82) is 0 Å². The van der Waals surface area contributed by atoms with E-state index in [0.717, 1.165) is 17.5 Å². The summed E-state index contributed by atoms with van der Waals surface area (Å²) in [6.07, 6.45) is 1.19. The van der Waals surface area contributed by atoms with Gasteiger partial charge in [0.1, 0.15) is 5.00 Å². The van der Waals surface area contributed by atoms with E-state index < -0.39 is 5.97 Å². The summed E-state index contributed by atoms with van der Waals surface area (Å²) in [5.74, 6) is -0.310. The molecule has 0 fully saturated rings. The van der Waals surface area contributed by atoms with Crippen LogP contribution in [0.2, 0.25) is 0 Å². The number of carbonyl (C=O) groups excluding carboxylic acids is 2. The monoisotopic (exact) mass is 331 g/mol. The second-order valence-corrected chi connectivity index (χ2v) is 6.29. The summed E-state index contributed by atoms with van der Waals surface area (Å²) in [5.41, 5.74) is 2.34. The van der Waals surface area contributed by atoms with Crippen LogP contribution in [-0.4, -0.2) is 19.0 Å². The van der Waals surface area contributed by atoms with E-state index in [-0.39, 0.29) is 18.2 Å². The van der Waals surface area contributed by atoms with Gasteiger partial charge in [-0.2, -0.15) is 0 Å². The normalized spacial score (nSPS) is 11.8. The zero-order valence-corrected chi connectivity index (χ0v) is 14.4. The van der Waals surface area contributed by atoms with Crippen LogP contribution in [0.4, 0.5) is 5.00 Å². The standard InChI is InChI=1S/C18H21NO3S/c1-4-12(2)14-11-23-17(16(14)18(21)22-3)19-15(20)10-13-8-6-5-7-9-13/h5-9,11-12H,4,10H2,1-3H3,(H,19,20). The van der Waals surface area contributed by atoms with Crippen molar-refractivity contribution in [3.05, 3.63) is 52.4 Å². The molecule has 4 nitrogen and oxygen atoms in total. The molecule has 2 rings (SSSR count). The van der Waals surface area contributed by atoms with Gasteiger partial charge < -0.3 is 10.1 Å². The fourth-order valence-electron chi connectivity index (χ4n) is 2.31. The van der Waals surface area contributed by atoms with Crippen molar-refractivity contribution >= 4 is 28.2 Å². The van der Waals surface area contributed by atoms with Crippen LogP contribution in [0.15, 0.2) is 35.7 Å². The molecule has 1 unspecified atom stereocenters. The molecule has 122 valence electrons. The Balaban J connectivity index is 2.20. The SMILES string of the molecule is CCC(C)c1csc(NC(=O)Cc2ccccc2)c1C(=O)OC. The number of amides is 1. The lowest BCUT2D eigenvalue weighted by atomic mass is 9.97. The van der Waals surface area contributed by atoms with Gasteiger partial charge in [0.2, 0.25) is 5.91 Å². The molecule has 0 aliphatic heterocycles. The van der Waals surface area contributed by atoms with Gasteiger partial charge in [-0.05, 0) is 28.8 Å². The van der Waals surface area contributed by atoms with E-state index in [0.29, 0.717) is 10.6 Å². The molecule has 1 aromatic carbocycles. The lowest BCUT2D eigenvalue weighted by Gasteiger charge is -2.11. The smallest absolute Gasteiger partial charge is 0.341 e. The zero-order valence-electron chi connectivity index (χ0n) is 13.6. The van der Waals surface area contributed by atoms with Gasteiger partial charge in [-0.3, -0.25) is 4.79 Å². The molecule has 0 spiro atoms. The van der Waals surface area contributed by atoms with E-state index in [1.165, 1.54) is 18.4 Å². The molecule has 0 bridgehead atoms. The first kappa shape index (κ1) is 17.2. The van der Waals surface area contributed by atoms with Gasteiger partial charge in [0.25, 0.3) is 0 Å². The topological polar surface area (TPSA) is 55.4 Å². The number of hydrogen-bond acceptors (Lipinski definition) is 4. The first-order valence-corrected chi connectivity index (χ1v) is 8.48. The van der Waals surface area contributed by atoms with Crippen molar-refractivity contribution in [2.24, 2.45) is 0 Å². The third-order valence-corrected chi connectivity index (χ3v) is 4.73. The third-order valence-electron chi connectivity index (χ3n) is 3.81. The third kappa shape index (κ3) is 4.20. The van der Waals surface area contributed by atoms with E-state index in [2.05, 4.69) is 19.2 Å². The van der Waals surface area contributed by atoms with Crippen LogP contribution >= 0.6 is 11.3 Å². The van der Waals surface area contributed by atoms with Gasteiger partial charge in [-0.25, -0.2) is 4.79 Å². The van der Waals surface area contributed by atoms with Crippen molar-refractivity contribution < 1.29 is 14.3 Å². The summed E-state index contributed by atoms with van der Waals surface area (Å²) in [5, 5.41) is 5.34. The predicted molar refractivity (Wildman–Crippen MR) is 93.1 cm³/mol. The fourth-order valence-corrected chi connectivity index (χ4v) is 3.40. The zero-order chi connectivity index (χ0) is 16.8. The Morgan fingerprint density at radius 3 is 2.57 bits per heavy atom. The molecule has 1 heterocycles. The second kappa shape index (κ2) is 7.92.